The highest BCUT2D eigenvalue weighted by atomic mass is 35.5. The van der Waals surface area contributed by atoms with Gasteiger partial charge in [0, 0.05) is 6.42 Å². The van der Waals surface area contributed by atoms with E-state index in [0.717, 1.165) is 12.8 Å². The van der Waals surface area contributed by atoms with Crippen molar-refractivity contribution in [1.82, 2.24) is 0 Å². The number of Topliss-reactive ketones (excluding diaryl/α,β-unsaturated/α-hetero) is 1. The topological polar surface area (TPSA) is 17.1 Å². The van der Waals surface area contributed by atoms with Crippen molar-refractivity contribution < 1.29 is 4.79 Å². The zero-order chi connectivity index (χ0) is 10.4. The average Bonchev–Trinajstić information content (AvgIpc) is 2.26. The third-order valence-corrected chi connectivity index (χ3v) is 2.69. The molecule has 14 heavy (non-hydrogen) atoms. The van der Waals surface area contributed by atoms with E-state index in [2.05, 4.69) is 12.1 Å². The Labute approximate surface area is 90.1 Å². The zero-order valence-electron chi connectivity index (χ0n) is 8.37. The van der Waals surface area contributed by atoms with Crippen LogP contribution in [0.4, 0.5) is 0 Å². The highest BCUT2D eigenvalue weighted by Crippen LogP contribution is 2.11. The summed E-state index contributed by atoms with van der Waals surface area (Å²) in [4.78, 5) is 11.2. The van der Waals surface area contributed by atoms with Crippen molar-refractivity contribution in [3.63, 3.8) is 0 Å². The number of benzene rings is 1. The smallest absolute Gasteiger partial charge is 0.150 e. The maximum Gasteiger partial charge on any atom is 0.150 e. The van der Waals surface area contributed by atoms with Gasteiger partial charge in [0.25, 0.3) is 0 Å². The summed E-state index contributed by atoms with van der Waals surface area (Å²) in [6, 6.07) is 10.1. The summed E-state index contributed by atoms with van der Waals surface area (Å²) in [5.74, 6) is 0.141. The lowest BCUT2D eigenvalue weighted by atomic mass is 10.1. The van der Waals surface area contributed by atoms with Crippen LogP contribution in [-0.2, 0) is 11.2 Å². The van der Waals surface area contributed by atoms with Crippen molar-refractivity contribution in [1.29, 1.82) is 0 Å². The summed E-state index contributed by atoms with van der Waals surface area (Å²) in [7, 11) is 0. The fourth-order valence-electron chi connectivity index (χ4n) is 1.32. The van der Waals surface area contributed by atoms with Gasteiger partial charge in [0.15, 0.2) is 0 Å². The van der Waals surface area contributed by atoms with Gasteiger partial charge in [-0.05, 0) is 18.4 Å². The normalized spacial score (nSPS) is 12.4. The number of halogens is 1. The molecule has 1 atom stereocenters. The molecule has 76 valence electrons. The van der Waals surface area contributed by atoms with Gasteiger partial charge in [-0.2, -0.15) is 0 Å². The maximum absolute atomic E-state index is 11.2. The van der Waals surface area contributed by atoms with Crippen LogP contribution in [0.1, 0.15) is 25.3 Å². The standard InChI is InChI=1S/C12H15ClO/c1-2-12(14)11(13)9-8-10-6-4-3-5-7-10/h3-7,11H,2,8-9H2,1H3. The van der Waals surface area contributed by atoms with Crippen molar-refractivity contribution in [3.8, 4) is 0 Å². The molecule has 0 aliphatic heterocycles. The highest BCUT2D eigenvalue weighted by molar-refractivity contribution is 6.31. The van der Waals surface area contributed by atoms with E-state index in [0.29, 0.717) is 6.42 Å². The minimum absolute atomic E-state index is 0.141. The molecule has 1 rings (SSSR count). The third kappa shape index (κ3) is 3.51. The van der Waals surface area contributed by atoms with Gasteiger partial charge < -0.3 is 0 Å². The minimum Gasteiger partial charge on any atom is -0.298 e. The number of ketones is 1. The van der Waals surface area contributed by atoms with Gasteiger partial charge in [-0.15, -0.1) is 11.6 Å². The van der Waals surface area contributed by atoms with Crippen LogP contribution in [0.2, 0.25) is 0 Å². The first-order chi connectivity index (χ1) is 6.74. The molecule has 0 saturated carbocycles. The predicted octanol–water partition coefficient (Wildman–Crippen LogP) is 3.21. The van der Waals surface area contributed by atoms with Crippen LogP contribution >= 0.6 is 11.6 Å². The molecule has 0 amide bonds. The van der Waals surface area contributed by atoms with Crippen molar-refractivity contribution in [2.24, 2.45) is 0 Å². The number of rotatable bonds is 5. The van der Waals surface area contributed by atoms with E-state index in [9.17, 15) is 4.79 Å². The lowest BCUT2D eigenvalue weighted by Crippen LogP contribution is -2.13. The van der Waals surface area contributed by atoms with E-state index in [-0.39, 0.29) is 11.2 Å². The van der Waals surface area contributed by atoms with E-state index in [4.69, 9.17) is 11.6 Å². The average molecular weight is 211 g/mol. The van der Waals surface area contributed by atoms with E-state index in [1.807, 2.05) is 25.1 Å². The number of hydrogen-bond donors (Lipinski definition) is 0. The Bertz CT molecular complexity index is 282. The van der Waals surface area contributed by atoms with E-state index >= 15 is 0 Å². The number of hydrogen-bond acceptors (Lipinski definition) is 1. The Morgan fingerprint density at radius 3 is 2.57 bits per heavy atom. The van der Waals surface area contributed by atoms with E-state index < -0.39 is 0 Å². The fraction of sp³-hybridized carbons (Fsp3) is 0.417. The Balaban J connectivity index is 2.38. The molecule has 0 aliphatic rings. The molecule has 0 aliphatic carbocycles. The maximum atomic E-state index is 11.2. The lowest BCUT2D eigenvalue weighted by Gasteiger charge is -2.06. The first-order valence-corrected chi connectivity index (χ1v) is 5.38. The van der Waals surface area contributed by atoms with E-state index in [1.165, 1.54) is 5.56 Å². The van der Waals surface area contributed by atoms with E-state index in [1.54, 1.807) is 0 Å². The summed E-state index contributed by atoms with van der Waals surface area (Å²) in [5, 5.41) is -0.319. The minimum atomic E-state index is -0.319. The summed E-state index contributed by atoms with van der Waals surface area (Å²) in [6.45, 7) is 1.85. The van der Waals surface area contributed by atoms with Gasteiger partial charge in [0.05, 0.1) is 5.38 Å². The summed E-state index contributed by atoms with van der Waals surface area (Å²) in [5.41, 5.74) is 1.24. The van der Waals surface area contributed by atoms with Gasteiger partial charge in [-0.1, -0.05) is 37.3 Å². The molecule has 0 heterocycles. The fourth-order valence-corrected chi connectivity index (χ4v) is 1.58. The van der Waals surface area contributed by atoms with Crippen molar-refractivity contribution in [3.05, 3.63) is 35.9 Å². The van der Waals surface area contributed by atoms with Crippen LogP contribution < -0.4 is 0 Å². The molecule has 0 fully saturated rings. The molecule has 0 bridgehead atoms. The Morgan fingerprint density at radius 1 is 1.36 bits per heavy atom. The molecule has 1 nitrogen and oxygen atoms in total. The van der Waals surface area contributed by atoms with Gasteiger partial charge in [0.1, 0.15) is 5.78 Å². The molecule has 0 N–H and O–H groups in total. The van der Waals surface area contributed by atoms with Crippen molar-refractivity contribution in [2.75, 3.05) is 0 Å². The first kappa shape index (κ1) is 11.3. The zero-order valence-corrected chi connectivity index (χ0v) is 9.13. The molecule has 0 aromatic heterocycles. The monoisotopic (exact) mass is 210 g/mol. The lowest BCUT2D eigenvalue weighted by molar-refractivity contribution is -0.118. The number of carbonyl (C=O) groups is 1. The summed E-state index contributed by atoms with van der Waals surface area (Å²) in [6.07, 6.45) is 2.14. The molecule has 1 unspecified atom stereocenters. The van der Waals surface area contributed by atoms with Gasteiger partial charge in [-0.3, -0.25) is 4.79 Å². The second-order valence-corrected chi connectivity index (χ2v) is 3.84. The molecule has 0 radical (unpaired) electrons. The second-order valence-electron chi connectivity index (χ2n) is 3.31. The van der Waals surface area contributed by atoms with Crippen LogP contribution in [-0.4, -0.2) is 11.2 Å². The van der Waals surface area contributed by atoms with Gasteiger partial charge in [-0.25, -0.2) is 0 Å². The SMILES string of the molecule is CCC(=O)C(Cl)CCc1ccccc1. The van der Waals surface area contributed by atoms with Gasteiger partial charge >= 0.3 is 0 Å². The molecule has 1 aromatic carbocycles. The van der Waals surface area contributed by atoms with Crippen LogP contribution in [0.25, 0.3) is 0 Å². The number of aryl methyl sites for hydroxylation is 1. The first-order valence-electron chi connectivity index (χ1n) is 4.94. The summed E-state index contributed by atoms with van der Waals surface area (Å²) < 4.78 is 0. The predicted molar refractivity (Wildman–Crippen MR) is 59.7 cm³/mol. The van der Waals surface area contributed by atoms with Crippen LogP contribution in [0.5, 0.6) is 0 Å². The molecule has 1 aromatic rings. The Morgan fingerprint density at radius 2 is 2.00 bits per heavy atom. The molecule has 0 spiro atoms. The highest BCUT2D eigenvalue weighted by Gasteiger charge is 2.12. The summed E-state index contributed by atoms with van der Waals surface area (Å²) >= 11 is 5.93. The largest absolute Gasteiger partial charge is 0.298 e. The van der Waals surface area contributed by atoms with Crippen LogP contribution in [0, 0.1) is 0 Å². The van der Waals surface area contributed by atoms with Crippen LogP contribution in [0.3, 0.4) is 0 Å². The Kier molecular flexibility index (Phi) is 4.68. The number of carbonyl (C=O) groups excluding carboxylic acids is 1. The molecular weight excluding hydrogens is 196 g/mol. The number of alkyl halides is 1. The molecule has 2 heteroatoms. The van der Waals surface area contributed by atoms with Gasteiger partial charge in [0.2, 0.25) is 0 Å². The second kappa shape index (κ2) is 5.82. The Hall–Kier alpha value is -0.820. The molecular formula is C12H15ClO. The molecule has 0 saturated heterocycles. The quantitative estimate of drug-likeness (QED) is 0.683. The van der Waals surface area contributed by atoms with Crippen molar-refractivity contribution in [2.45, 2.75) is 31.6 Å². The third-order valence-electron chi connectivity index (χ3n) is 2.23. The van der Waals surface area contributed by atoms with Crippen LogP contribution in [0.15, 0.2) is 30.3 Å². The van der Waals surface area contributed by atoms with Crippen molar-refractivity contribution >= 4 is 17.4 Å².